The summed E-state index contributed by atoms with van der Waals surface area (Å²) in [7, 11) is 1.50. The van der Waals surface area contributed by atoms with Crippen molar-refractivity contribution in [2.45, 2.75) is 13.5 Å². The van der Waals surface area contributed by atoms with Crippen LogP contribution in [0, 0.1) is 12.7 Å². The summed E-state index contributed by atoms with van der Waals surface area (Å²) in [5, 5.41) is 0. The first-order valence-electron chi connectivity index (χ1n) is 7.72. The lowest BCUT2D eigenvalue weighted by molar-refractivity contribution is 0.412. The molecule has 6 heteroatoms. The van der Waals surface area contributed by atoms with E-state index in [1.165, 1.54) is 34.7 Å². The van der Waals surface area contributed by atoms with Crippen molar-refractivity contribution >= 4 is 0 Å². The average Bonchev–Trinajstić information content (AvgIpc) is 2.61. The highest BCUT2D eigenvalue weighted by Gasteiger charge is 2.12. The van der Waals surface area contributed by atoms with Crippen LogP contribution in [0.5, 0.6) is 5.75 Å². The van der Waals surface area contributed by atoms with Gasteiger partial charge >= 0.3 is 11.1 Å². The fourth-order valence-electron chi connectivity index (χ4n) is 2.62. The zero-order valence-electron chi connectivity index (χ0n) is 13.9. The molecule has 3 rings (SSSR count). The summed E-state index contributed by atoms with van der Waals surface area (Å²) in [5.74, 6) is 0.0675. The Hall–Kier alpha value is -3.15. The lowest BCUT2D eigenvalue weighted by Gasteiger charge is -2.13. The minimum Gasteiger partial charge on any atom is -0.495 e. The second-order valence-electron chi connectivity index (χ2n) is 5.67. The van der Waals surface area contributed by atoms with E-state index in [0.717, 1.165) is 5.56 Å². The molecule has 0 unspecified atom stereocenters. The molecule has 1 heterocycles. The molecule has 0 N–H and O–H groups in total. The second-order valence-corrected chi connectivity index (χ2v) is 5.67. The summed E-state index contributed by atoms with van der Waals surface area (Å²) in [4.78, 5) is 25.0. The molecule has 0 saturated heterocycles. The highest BCUT2D eigenvalue weighted by molar-refractivity contribution is 5.48. The van der Waals surface area contributed by atoms with E-state index in [2.05, 4.69) is 0 Å². The van der Waals surface area contributed by atoms with Crippen LogP contribution in [0.25, 0.3) is 5.69 Å². The van der Waals surface area contributed by atoms with Gasteiger partial charge in [-0.2, -0.15) is 0 Å². The second kappa shape index (κ2) is 6.76. The van der Waals surface area contributed by atoms with E-state index < -0.39 is 16.9 Å². The van der Waals surface area contributed by atoms with Gasteiger partial charge in [0.25, 0.3) is 0 Å². The Kier molecular flexibility index (Phi) is 4.52. The number of rotatable bonds is 4. The van der Waals surface area contributed by atoms with Crippen molar-refractivity contribution in [3.63, 3.8) is 0 Å². The Morgan fingerprint density at radius 3 is 2.52 bits per heavy atom. The van der Waals surface area contributed by atoms with Crippen molar-refractivity contribution in [3.05, 3.63) is 92.5 Å². The monoisotopic (exact) mass is 340 g/mol. The van der Waals surface area contributed by atoms with Crippen LogP contribution in [0.15, 0.2) is 64.4 Å². The minimum atomic E-state index is -0.727. The van der Waals surface area contributed by atoms with Crippen LogP contribution in [0.3, 0.4) is 0 Å². The Labute approximate surface area is 143 Å². The molecule has 0 atom stereocenters. The summed E-state index contributed by atoms with van der Waals surface area (Å²) in [6, 6.07) is 11.5. The largest absolute Gasteiger partial charge is 0.495 e. The quantitative estimate of drug-likeness (QED) is 0.686. The minimum absolute atomic E-state index is 0.00740. The lowest BCUT2D eigenvalue weighted by Crippen LogP contribution is -2.40. The Bertz CT molecular complexity index is 1040. The van der Waals surface area contributed by atoms with Gasteiger partial charge in [0.15, 0.2) is 0 Å². The lowest BCUT2D eigenvalue weighted by atomic mass is 10.2. The van der Waals surface area contributed by atoms with Crippen LogP contribution < -0.4 is 15.9 Å². The summed E-state index contributed by atoms with van der Waals surface area (Å²) >= 11 is 0. The van der Waals surface area contributed by atoms with Crippen molar-refractivity contribution in [2.75, 3.05) is 7.11 Å². The van der Waals surface area contributed by atoms with Crippen LogP contribution in [-0.4, -0.2) is 16.2 Å². The van der Waals surface area contributed by atoms with Crippen LogP contribution >= 0.6 is 0 Å². The standard InChI is InChI=1S/C19H17FN2O3/c1-13-7-8-17(25-2)16(11-13)22-10-9-21(18(23)19(22)24)12-14-5-3-4-6-15(14)20/h3-11H,12H2,1-2H3. The molecule has 0 spiro atoms. The Morgan fingerprint density at radius 1 is 1.04 bits per heavy atom. The summed E-state index contributed by atoms with van der Waals surface area (Å²) < 4.78 is 21.5. The zero-order valence-corrected chi connectivity index (χ0v) is 13.9. The number of nitrogens with zero attached hydrogens (tertiary/aromatic N) is 2. The zero-order chi connectivity index (χ0) is 18.0. The van der Waals surface area contributed by atoms with Gasteiger partial charge in [-0.3, -0.25) is 14.2 Å². The molecule has 1 aromatic heterocycles. The Morgan fingerprint density at radius 2 is 1.80 bits per heavy atom. The molecule has 25 heavy (non-hydrogen) atoms. The van der Waals surface area contributed by atoms with Gasteiger partial charge in [-0.1, -0.05) is 24.3 Å². The van der Waals surface area contributed by atoms with E-state index in [4.69, 9.17) is 4.74 Å². The fourth-order valence-corrected chi connectivity index (χ4v) is 2.62. The van der Waals surface area contributed by atoms with Crippen LogP contribution in [-0.2, 0) is 6.54 Å². The molecule has 0 aliphatic carbocycles. The van der Waals surface area contributed by atoms with Gasteiger partial charge in [-0.15, -0.1) is 0 Å². The first-order chi connectivity index (χ1) is 12.0. The maximum absolute atomic E-state index is 13.8. The highest BCUT2D eigenvalue weighted by atomic mass is 19.1. The average molecular weight is 340 g/mol. The normalized spacial score (nSPS) is 10.7. The molecule has 3 aromatic rings. The smallest absolute Gasteiger partial charge is 0.321 e. The third kappa shape index (κ3) is 3.24. The SMILES string of the molecule is COc1ccc(C)cc1-n1ccn(Cc2ccccc2F)c(=O)c1=O. The number of ether oxygens (including phenoxy) is 1. The van der Waals surface area contributed by atoms with Gasteiger partial charge in [0.1, 0.15) is 11.6 Å². The maximum atomic E-state index is 13.8. The predicted molar refractivity (Wildman–Crippen MR) is 93.1 cm³/mol. The first-order valence-corrected chi connectivity index (χ1v) is 7.72. The van der Waals surface area contributed by atoms with E-state index in [9.17, 15) is 14.0 Å². The van der Waals surface area contributed by atoms with E-state index in [1.807, 2.05) is 13.0 Å². The number of aromatic nitrogens is 2. The molecule has 0 saturated carbocycles. The molecule has 0 radical (unpaired) electrons. The number of halogens is 1. The summed E-state index contributed by atoms with van der Waals surface area (Å²) in [6.45, 7) is 1.87. The molecule has 0 aliphatic heterocycles. The number of hydrogen-bond donors (Lipinski definition) is 0. The molecule has 0 amide bonds. The summed E-state index contributed by atoms with van der Waals surface area (Å²) in [6.07, 6.45) is 2.96. The van der Waals surface area contributed by atoms with Crippen LogP contribution in [0.1, 0.15) is 11.1 Å². The molecule has 2 aromatic carbocycles. The summed E-state index contributed by atoms with van der Waals surface area (Å²) in [5.41, 5.74) is 0.313. The van der Waals surface area contributed by atoms with E-state index >= 15 is 0 Å². The number of aryl methyl sites for hydroxylation is 1. The first kappa shape index (κ1) is 16.7. The number of benzene rings is 2. The van der Waals surface area contributed by atoms with E-state index in [1.54, 1.807) is 30.3 Å². The predicted octanol–water partition coefficient (Wildman–Crippen LogP) is 2.50. The molecule has 0 bridgehead atoms. The van der Waals surface area contributed by atoms with Gasteiger partial charge in [0, 0.05) is 18.0 Å². The van der Waals surface area contributed by atoms with Crippen molar-refractivity contribution in [2.24, 2.45) is 0 Å². The molecular formula is C19H17FN2O3. The third-order valence-electron chi connectivity index (χ3n) is 3.95. The molecule has 0 fully saturated rings. The van der Waals surface area contributed by atoms with Crippen molar-refractivity contribution in [1.82, 2.24) is 9.13 Å². The van der Waals surface area contributed by atoms with Crippen LogP contribution in [0.2, 0.25) is 0 Å². The van der Waals surface area contributed by atoms with Crippen LogP contribution in [0.4, 0.5) is 4.39 Å². The molecule has 5 nitrogen and oxygen atoms in total. The maximum Gasteiger partial charge on any atom is 0.321 e. The van der Waals surface area contributed by atoms with Crippen molar-refractivity contribution < 1.29 is 9.13 Å². The third-order valence-corrected chi connectivity index (χ3v) is 3.95. The topological polar surface area (TPSA) is 53.2 Å². The highest BCUT2D eigenvalue weighted by Crippen LogP contribution is 2.22. The fraction of sp³-hybridized carbons (Fsp3) is 0.158. The Balaban J connectivity index is 2.08. The van der Waals surface area contributed by atoms with Gasteiger partial charge in [-0.05, 0) is 30.7 Å². The van der Waals surface area contributed by atoms with Gasteiger partial charge in [0.2, 0.25) is 0 Å². The van der Waals surface area contributed by atoms with Gasteiger partial charge in [-0.25, -0.2) is 4.39 Å². The molecule has 128 valence electrons. The van der Waals surface area contributed by atoms with E-state index in [0.29, 0.717) is 17.0 Å². The number of hydrogen-bond acceptors (Lipinski definition) is 3. The van der Waals surface area contributed by atoms with E-state index in [-0.39, 0.29) is 6.54 Å². The van der Waals surface area contributed by atoms with Crippen molar-refractivity contribution in [1.29, 1.82) is 0 Å². The van der Waals surface area contributed by atoms with Gasteiger partial charge in [0.05, 0.1) is 19.3 Å². The van der Waals surface area contributed by atoms with Crippen molar-refractivity contribution in [3.8, 4) is 11.4 Å². The molecular weight excluding hydrogens is 323 g/mol. The molecule has 0 aliphatic rings. The van der Waals surface area contributed by atoms with Gasteiger partial charge < -0.3 is 9.30 Å². The number of methoxy groups -OCH3 is 1.